The fourth-order valence-corrected chi connectivity index (χ4v) is 2.76. The van der Waals surface area contributed by atoms with E-state index >= 15 is 0 Å². The van der Waals surface area contributed by atoms with Gasteiger partial charge in [0.25, 0.3) is 5.91 Å². The summed E-state index contributed by atoms with van der Waals surface area (Å²) in [5.74, 6) is 0.151. The number of anilines is 1. The van der Waals surface area contributed by atoms with E-state index in [4.69, 9.17) is 0 Å². The molecule has 1 aliphatic heterocycles. The first-order valence-corrected chi connectivity index (χ1v) is 8.14. The highest BCUT2D eigenvalue weighted by molar-refractivity contribution is 5.97. The Bertz CT molecular complexity index is 713. The van der Waals surface area contributed by atoms with Gasteiger partial charge < -0.3 is 10.6 Å². The molecule has 124 valence electrons. The van der Waals surface area contributed by atoms with E-state index in [1.807, 2.05) is 18.2 Å². The van der Waals surface area contributed by atoms with Gasteiger partial charge in [-0.15, -0.1) is 0 Å². The van der Waals surface area contributed by atoms with Gasteiger partial charge in [-0.25, -0.2) is 4.79 Å². The van der Waals surface area contributed by atoms with Crippen LogP contribution in [0.15, 0.2) is 54.6 Å². The number of benzene rings is 2. The Labute approximate surface area is 141 Å². The summed E-state index contributed by atoms with van der Waals surface area (Å²) in [6.07, 6.45) is 0. The van der Waals surface area contributed by atoms with Crippen molar-refractivity contribution >= 4 is 17.6 Å². The predicted octanol–water partition coefficient (Wildman–Crippen LogP) is 2.75. The highest BCUT2D eigenvalue weighted by Gasteiger charge is 2.21. The van der Waals surface area contributed by atoms with Crippen LogP contribution in [-0.4, -0.2) is 31.6 Å². The zero-order valence-electron chi connectivity index (χ0n) is 13.7. The number of urea groups is 1. The lowest BCUT2D eigenvalue weighted by Crippen LogP contribution is -2.28. The monoisotopic (exact) mass is 323 g/mol. The fourth-order valence-electron chi connectivity index (χ4n) is 2.76. The van der Waals surface area contributed by atoms with Crippen molar-refractivity contribution in [2.45, 2.75) is 12.8 Å². The Balaban J connectivity index is 1.58. The molecule has 0 radical (unpaired) electrons. The average molecular weight is 323 g/mol. The van der Waals surface area contributed by atoms with Gasteiger partial charge in [-0.3, -0.25) is 9.69 Å². The molecule has 1 aliphatic rings. The lowest BCUT2D eigenvalue weighted by molar-refractivity contribution is 0.0951. The van der Waals surface area contributed by atoms with Crippen LogP contribution in [-0.2, 0) is 0 Å². The van der Waals surface area contributed by atoms with Crippen molar-refractivity contribution in [3.63, 3.8) is 0 Å². The summed E-state index contributed by atoms with van der Waals surface area (Å²) in [6, 6.07) is 17.1. The van der Waals surface area contributed by atoms with Crippen LogP contribution in [0.5, 0.6) is 0 Å². The van der Waals surface area contributed by atoms with Crippen molar-refractivity contribution in [1.29, 1.82) is 0 Å². The molecule has 2 aromatic rings. The SMILES string of the molecule is CC(CNC(=O)c1ccc(N2CCNC2=O)cc1)c1ccccc1. The molecule has 24 heavy (non-hydrogen) atoms. The van der Waals surface area contributed by atoms with E-state index in [2.05, 4.69) is 29.7 Å². The molecule has 5 nitrogen and oxygen atoms in total. The third-order valence-corrected chi connectivity index (χ3v) is 4.24. The molecular formula is C19H21N3O2. The van der Waals surface area contributed by atoms with Crippen molar-refractivity contribution in [3.05, 3.63) is 65.7 Å². The maximum atomic E-state index is 12.3. The minimum absolute atomic E-state index is 0.0936. The highest BCUT2D eigenvalue weighted by atomic mass is 16.2. The van der Waals surface area contributed by atoms with Crippen LogP contribution < -0.4 is 15.5 Å². The van der Waals surface area contributed by atoms with Gasteiger partial charge in [-0.1, -0.05) is 37.3 Å². The molecule has 2 aromatic carbocycles. The smallest absolute Gasteiger partial charge is 0.321 e. The summed E-state index contributed by atoms with van der Waals surface area (Å²) in [4.78, 5) is 25.6. The molecule has 0 aliphatic carbocycles. The van der Waals surface area contributed by atoms with Gasteiger partial charge in [0.2, 0.25) is 0 Å². The molecule has 1 saturated heterocycles. The minimum Gasteiger partial charge on any atom is -0.351 e. The number of carbonyl (C=O) groups is 2. The van der Waals surface area contributed by atoms with Gasteiger partial charge in [0, 0.05) is 30.9 Å². The van der Waals surface area contributed by atoms with Crippen LogP contribution in [0.3, 0.4) is 0 Å². The molecule has 3 amide bonds. The fraction of sp³-hybridized carbons (Fsp3) is 0.263. The van der Waals surface area contributed by atoms with Crippen molar-refractivity contribution in [2.24, 2.45) is 0 Å². The zero-order chi connectivity index (χ0) is 16.9. The van der Waals surface area contributed by atoms with Gasteiger partial charge in [0.1, 0.15) is 0 Å². The molecule has 5 heteroatoms. The summed E-state index contributed by atoms with van der Waals surface area (Å²) in [5.41, 5.74) is 2.60. The van der Waals surface area contributed by atoms with Gasteiger partial charge in [0.15, 0.2) is 0 Å². The molecule has 1 atom stereocenters. The largest absolute Gasteiger partial charge is 0.351 e. The number of amides is 3. The zero-order valence-corrected chi connectivity index (χ0v) is 13.7. The minimum atomic E-state index is -0.102. The Morgan fingerprint density at radius 1 is 1.17 bits per heavy atom. The number of hydrogen-bond acceptors (Lipinski definition) is 2. The molecule has 1 heterocycles. The number of nitrogens with one attached hydrogen (secondary N) is 2. The lowest BCUT2D eigenvalue weighted by Gasteiger charge is -2.15. The van der Waals surface area contributed by atoms with Crippen molar-refractivity contribution < 1.29 is 9.59 Å². The molecule has 3 rings (SSSR count). The number of nitrogens with zero attached hydrogens (tertiary/aromatic N) is 1. The standard InChI is InChI=1S/C19H21N3O2/c1-14(15-5-3-2-4-6-15)13-21-18(23)16-7-9-17(10-8-16)22-12-11-20-19(22)24/h2-10,14H,11-13H2,1H3,(H,20,24)(H,21,23). The third-order valence-electron chi connectivity index (χ3n) is 4.24. The Kier molecular flexibility index (Phi) is 4.79. The topological polar surface area (TPSA) is 61.4 Å². The number of hydrogen-bond donors (Lipinski definition) is 2. The Morgan fingerprint density at radius 3 is 2.50 bits per heavy atom. The maximum absolute atomic E-state index is 12.3. The van der Waals surface area contributed by atoms with E-state index < -0.39 is 0 Å². The van der Waals surface area contributed by atoms with E-state index in [1.165, 1.54) is 5.56 Å². The van der Waals surface area contributed by atoms with Crippen LogP contribution in [0.1, 0.15) is 28.8 Å². The summed E-state index contributed by atoms with van der Waals surface area (Å²) in [7, 11) is 0. The first kappa shape index (κ1) is 16.1. The van der Waals surface area contributed by atoms with Crippen molar-refractivity contribution in [2.75, 3.05) is 24.5 Å². The van der Waals surface area contributed by atoms with E-state index in [1.54, 1.807) is 29.2 Å². The second-order valence-electron chi connectivity index (χ2n) is 5.95. The van der Waals surface area contributed by atoms with Gasteiger partial charge in [-0.05, 0) is 35.7 Å². The molecule has 0 spiro atoms. The predicted molar refractivity (Wildman–Crippen MR) is 94.4 cm³/mol. The van der Waals surface area contributed by atoms with Crippen LogP contribution in [0.2, 0.25) is 0 Å². The molecule has 0 saturated carbocycles. The highest BCUT2D eigenvalue weighted by Crippen LogP contribution is 2.18. The van der Waals surface area contributed by atoms with Crippen LogP contribution in [0.25, 0.3) is 0 Å². The van der Waals surface area contributed by atoms with Crippen molar-refractivity contribution in [3.8, 4) is 0 Å². The second kappa shape index (κ2) is 7.17. The van der Waals surface area contributed by atoms with Crippen LogP contribution in [0, 0.1) is 0 Å². The summed E-state index contributed by atoms with van der Waals surface area (Å²) in [6.45, 7) is 3.97. The van der Waals surface area contributed by atoms with E-state index in [0.717, 1.165) is 5.69 Å². The third kappa shape index (κ3) is 3.56. The first-order valence-electron chi connectivity index (χ1n) is 8.14. The Morgan fingerprint density at radius 2 is 1.88 bits per heavy atom. The second-order valence-corrected chi connectivity index (χ2v) is 5.95. The van der Waals surface area contributed by atoms with E-state index in [0.29, 0.717) is 25.2 Å². The molecule has 1 fully saturated rings. The lowest BCUT2D eigenvalue weighted by atomic mass is 10.0. The molecule has 2 N–H and O–H groups in total. The molecular weight excluding hydrogens is 302 g/mol. The summed E-state index contributed by atoms with van der Waals surface area (Å²) in [5, 5.41) is 5.72. The first-order chi connectivity index (χ1) is 11.6. The van der Waals surface area contributed by atoms with Crippen LogP contribution >= 0.6 is 0 Å². The van der Waals surface area contributed by atoms with Gasteiger partial charge >= 0.3 is 6.03 Å². The quantitative estimate of drug-likeness (QED) is 0.889. The average Bonchev–Trinajstić information content (AvgIpc) is 3.06. The van der Waals surface area contributed by atoms with Gasteiger partial charge in [-0.2, -0.15) is 0 Å². The van der Waals surface area contributed by atoms with Gasteiger partial charge in [0.05, 0.1) is 0 Å². The van der Waals surface area contributed by atoms with E-state index in [-0.39, 0.29) is 17.9 Å². The number of carbonyl (C=O) groups excluding carboxylic acids is 2. The molecule has 0 aromatic heterocycles. The summed E-state index contributed by atoms with van der Waals surface area (Å²) >= 11 is 0. The normalized spacial score (nSPS) is 15.0. The Hall–Kier alpha value is -2.82. The molecule has 0 bridgehead atoms. The van der Waals surface area contributed by atoms with Crippen LogP contribution in [0.4, 0.5) is 10.5 Å². The maximum Gasteiger partial charge on any atom is 0.321 e. The van der Waals surface area contributed by atoms with Crippen molar-refractivity contribution in [1.82, 2.24) is 10.6 Å². The number of rotatable bonds is 5. The molecule has 1 unspecified atom stereocenters. The van der Waals surface area contributed by atoms with E-state index in [9.17, 15) is 9.59 Å². The summed E-state index contributed by atoms with van der Waals surface area (Å²) < 4.78 is 0.